The van der Waals surface area contributed by atoms with Crippen molar-refractivity contribution in [3.8, 4) is 0 Å². The molecule has 8 heteroatoms. The molecule has 0 atom stereocenters. The molecule has 0 saturated carbocycles. The highest BCUT2D eigenvalue weighted by atomic mass is 16.3. The number of nitrogens with one attached hydrogen (secondary N) is 2. The van der Waals surface area contributed by atoms with Gasteiger partial charge in [0.25, 0.3) is 11.8 Å². The zero-order valence-corrected chi connectivity index (χ0v) is 15.0. The smallest absolute Gasteiger partial charge is 0.270 e. The summed E-state index contributed by atoms with van der Waals surface area (Å²) in [6.45, 7) is 1.24. The lowest BCUT2D eigenvalue weighted by molar-refractivity contribution is 0.0698. The van der Waals surface area contributed by atoms with Crippen LogP contribution in [-0.4, -0.2) is 56.8 Å². The lowest BCUT2D eigenvalue weighted by atomic mass is 10.1. The van der Waals surface area contributed by atoms with Gasteiger partial charge in [0.2, 0.25) is 0 Å². The summed E-state index contributed by atoms with van der Waals surface area (Å²) < 4.78 is 1.77. The molecule has 3 aromatic rings. The van der Waals surface area contributed by atoms with Crippen molar-refractivity contribution in [3.05, 3.63) is 53.0 Å². The first-order chi connectivity index (χ1) is 13.1. The number of benzene rings is 1. The van der Waals surface area contributed by atoms with Crippen molar-refractivity contribution in [3.63, 3.8) is 0 Å². The van der Waals surface area contributed by atoms with Crippen molar-refractivity contribution in [1.82, 2.24) is 25.0 Å². The van der Waals surface area contributed by atoms with E-state index in [1.807, 2.05) is 30.3 Å². The molecule has 0 spiro atoms. The normalized spacial score (nSPS) is 13.6. The number of nitrogens with zero attached hydrogens (tertiary/aromatic N) is 3. The van der Waals surface area contributed by atoms with Gasteiger partial charge in [-0.05, 0) is 12.1 Å². The van der Waals surface area contributed by atoms with E-state index in [9.17, 15) is 14.7 Å². The predicted octanol–water partition coefficient (Wildman–Crippen LogP) is 0.915. The van der Waals surface area contributed by atoms with Crippen LogP contribution in [0.1, 0.15) is 32.2 Å². The van der Waals surface area contributed by atoms with Gasteiger partial charge < -0.3 is 20.3 Å². The lowest BCUT2D eigenvalue weighted by Gasteiger charge is -2.28. The minimum absolute atomic E-state index is 0.0852. The summed E-state index contributed by atoms with van der Waals surface area (Å²) in [6.07, 6.45) is 0.304. The average molecular weight is 367 g/mol. The molecule has 140 valence electrons. The van der Waals surface area contributed by atoms with E-state index in [0.29, 0.717) is 48.7 Å². The monoisotopic (exact) mass is 367 g/mol. The topological polar surface area (TPSA) is 103 Å². The lowest BCUT2D eigenvalue weighted by Crippen LogP contribution is -2.39. The second-order valence-electron chi connectivity index (χ2n) is 6.54. The van der Waals surface area contributed by atoms with E-state index in [0.717, 1.165) is 10.9 Å². The number of amides is 2. The number of para-hydroxylation sites is 1. The zero-order valence-electron chi connectivity index (χ0n) is 15.0. The van der Waals surface area contributed by atoms with Crippen LogP contribution in [-0.2, 0) is 19.5 Å². The molecule has 2 amide bonds. The van der Waals surface area contributed by atoms with Gasteiger partial charge in [0.15, 0.2) is 0 Å². The van der Waals surface area contributed by atoms with Gasteiger partial charge in [-0.1, -0.05) is 18.2 Å². The molecule has 3 heterocycles. The highest BCUT2D eigenvalue weighted by molar-refractivity contribution is 5.99. The molecular formula is C19H21N5O3. The van der Waals surface area contributed by atoms with Crippen LogP contribution in [0.25, 0.3) is 10.9 Å². The van der Waals surface area contributed by atoms with Gasteiger partial charge in [-0.15, -0.1) is 0 Å². The fraction of sp³-hybridized carbons (Fsp3) is 0.316. The Morgan fingerprint density at radius 1 is 1.30 bits per heavy atom. The molecule has 1 aromatic carbocycles. The first-order valence-electron chi connectivity index (χ1n) is 8.91. The van der Waals surface area contributed by atoms with Crippen LogP contribution >= 0.6 is 0 Å². The summed E-state index contributed by atoms with van der Waals surface area (Å²) in [7, 11) is 1.56. The van der Waals surface area contributed by atoms with Crippen molar-refractivity contribution in [2.24, 2.45) is 0 Å². The second-order valence-corrected chi connectivity index (χ2v) is 6.54. The molecule has 0 fully saturated rings. The third-order valence-corrected chi connectivity index (χ3v) is 4.90. The van der Waals surface area contributed by atoms with Gasteiger partial charge >= 0.3 is 0 Å². The van der Waals surface area contributed by atoms with Crippen LogP contribution in [0.5, 0.6) is 0 Å². The number of H-pyrrole nitrogens is 1. The van der Waals surface area contributed by atoms with E-state index < -0.39 is 0 Å². The SMILES string of the molecule is CNC(=O)c1c(CCO)nn2c1CN(C(=O)c1cc3ccccc3[nH]1)CC2. The van der Waals surface area contributed by atoms with E-state index in [1.165, 1.54) is 0 Å². The fourth-order valence-electron chi connectivity index (χ4n) is 3.57. The summed E-state index contributed by atoms with van der Waals surface area (Å²) in [6, 6.07) is 9.59. The number of aromatic nitrogens is 3. The van der Waals surface area contributed by atoms with Gasteiger partial charge in [-0.25, -0.2) is 0 Å². The Hall–Kier alpha value is -3.13. The van der Waals surface area contributed by atoms with Crippen LogP contribution in [0.15, 0.2) is 30.3 Å². The molecule has 1 aliphatic heterocycles. The number of carbonyl (C=O) groups is 2. The van der Waals surface area contributed by atoms with E-state index in [-0.39, 0.29) is 18.4 Å². The summed E-state index contributed by atoms with van der Waals surface area (Å²) in [5.74, 6) is -0.357. The van der Waals surface area contributed by atoms with Crippen LogP contribution in [0, 0.1) is 0 Å². The largest absolute Gasteiger partial charge is 0.396 e. The minimum Gasteiger partial charge on any atom is -0.396 e. The highest BCUT2D eigenvalue weighted by Gasteiger charge is 2.30. The Kier molecular flexibility index (Phi) is 4.41. The molecule has 0 bridgehead atoms. The van der Waals surface area contributed by atoms with Crippen LogP contribution < -0.4 is 5.32 Å². The first-order valence-corrected chi connectivity index (χ1v) is 8.91. The second kappa shape index (κ2) is 6.88. The Bertz CT molecular complexity index is 987. The third kappa shape index (κ3) is 2.97. The number of aliphatic hydroxyl groups is 1. The zero-order chi connectivity index (χ0) is 19.0. The Morgan fingerprint density at radius 3 is 2.85 bits per heavy atom. The number of carbonyl (C=O) groups excluding carboxylic acids is 2. The summed E-state index contributed by atoms with van der Waals surface area (Å²) in [5.41, 5.74) is 3.17. The molecule has 27 heavy (non-hydrogen) atoms. The van der Waals surface area contributed by atoms with Crippen molar-refractivity contribution >= 4 is 22.7 Å². The number of hydrogen-bond acceptors (Lipinski definition) is 4. The van der Waals surface area contributed by atoms with Crippen molar-refractivity contribution in [2.45, 2.75) is 19.5 Å². The van der Waals surface area contributed by atoms with E-state index in [4.69, 9.17) is 0 Å². The van der Waals surface area contributed by atoms with Gasteiger partial charge in [-0.3, -0.25) is 14.3 Å². The molecule has 8 nitrogen and oxygen atoms in total. The van der Waals surface area contributed by atoms with Crippen LogP contribution in [0.4, 0.5) is 0 Å². The summed E-state index contributed by atoms with van der Waals surface area (Å²) in [4.78, 5) is 30.2. The minimum atomic E-state index is -0.250. The van der Waals surface area contributed by atoms with Crippen molar-refractivity contribution in [2.75, 3.05) is 20.2 Å². The number of fused-ring (bicyclic) bond motifs is 2. The standard InChI is InChI=1S/C19H21N5O3/c1-20-18(26)17-14(6-9-25)22-24-8-7-23(11-16(17)24)19(27)15-10-12-4-2-3-5-13(12)21-15/h2-5,10,21,25H,6-9,11H2,1H3,(H,20,26). The highest BCUT2D eigenvalue weighted by Crippen LogP contribution is 2.23. The molecular weight excluding hydrogens is 346 g/mol. The Morgan fingerprint density at radius 2 is 2.11 bits per heavy atom. The molecule has 2 aromatic heterocycles. The van der Waals surface area contributed by atoms with Crippen LogP contribution in [0.3, 0.4) is 0 Å². The predicted molar refractivity (Wildman–Crippen MR) is 99.4 cm³/mol. The molecule has 0 aliphatic carbocycles. The molecule has 1 aliphatic rings. The molecule has 4 rings (SSSR count). The van der Waals surface area contributed by atoms with Gasteiger partial charge in [0, 0.05) is 37.5 Å². The Balaban J connectivity index is 1.65. The molecule has 3 N–H and O–H groups in total. The maximum atomic E-state index is 13.0. The molecule has 0 unspecified atom stereocenters. The Labute approximate surface area is 155 Å². The maximum absolute atomic E-state index is 13.0. The van der Waals surface area contributed by atoms with Gasteiger partial charge in [0.1, 0.15) is 5.69 Å². The summed E-state index contributed by atoms with van der Waals surface area (Å²) in [5, 5.41) is 17.3. The van der Waals surface area contributed by atoms with Crippen molar-refractivity contribution < 1.29 is 14.7 Å². The average Bonchev–Trinajstić information content (AvgIpc) is 3.27. The van der Waals surface area contributed by atoms with Gasteiger partial charge in [-0.2, -0.15) is 5.10 Å². The number of aromatic amines is 1. The van der Waals surface area contributed by atoms with Gasteiger partial charge in [0.05, 0.1) is 30.0 Å². The number of aliphatic hydroxyl groups excluding tert-OH is 1. The van der Waals surface area contributed by atoms with E-state index >= 15 is 0 Å². The quantitative estimate of drug-likeness (QED) is 0.638. The van der Waals surface area contributed by atoms with E-state index in [2.05, 4.69) is 15.4 Å². The fourth-order valence-corrected chi connectivity index (χ4v) is 3.57. The van der Waals surface area contributed by atoms with Crippen molar-refractivity contribution in [1.29, 1.82) is 0 Å². The molecule has 0 radical (unpaired) electrons. The molecule has 0 saturated heterocycles. The number of rotatable bonds is 4. The summed E-state index contributed by atoms with van der Waals surface area (Å²) >= 11 is 0. The van der Waals surface area contributed by atoms with Crippen LogP contribution in [0.2, 0.25) is 0 Å². The van der Waals surface area contributed by atoms with E-state index in [1.54, 1.807) is 16.6 Å². The maximum Gasteiger partial charge on any atom is 0.270 e. The first kappa shape index (κ1) is 17.3. The third-order valence-electron chi connectivity index (χ3n) is 4.90. The number of hydrogen-bond donors (Lipinski definition) is 3.